The summed E-state index contributed by atoms with van der Waals surface area (Å²) in [7, 11) is -1.76. The van der Waals surface area contributed by atoms with Crippen molar-refractivity contribution >= 4 is 42.1 Å². The first-order valence-electron chi connectivity index (χ1n) is 11.4. The maximum absolute atomic E-state index is 12.7. The van der Waals surface area contributed by atoms with Gasteiger partial charge in [-0.1, -0.05) is 39.0 Å². The molecule has 4 rings (SSSR count). The van der Waals surface area contributed by atoms with E-state index in [0.29, 0.717) is 12.8 Å². The molecule has 7 heteroatoms. The number of para-hydroxylation sites is 1. The molecule has 0 spiro atoms. The van der Waals surface area contributed by atoms with Gasteiger partial charge in [-0.25, -0.2) is 4.98 Å². The number of imide groups is 1. The topological polar surface area (TPSA) is 73.2 Å². The fourth-order valence-electron chi connectivity index (χ4n) is 4.23. The maximum Gasteiger partial charge on any atom is 0.249 e. The van der Waals surface area contributed by atoms with Gasteiger partial charge in [0, 0.05) is 30.0 Å². The lowest BCUT2D eigenvalue weighted by atomic mass is 10.1. The summed E-state index contributed by atoms with van der Waals surface area (Å²) < 4.78 is 8.39. The third-order valence-corrected chi connectivity index (χ3v) is 11.6. The molecule has 1 aliphatic rings. The average Bonchev–Trinajstić information content (AvgIpc) is 3.05. The summed E-state index contributed by atoms with van der Waals surface area (Å²) in [6.07, 6.45) is 4.48. The van der Waals surface area contributed by atoms with Crippen LogP contribution in [0.25, 0.3) is 21.9 Å². The number of aryl methyl sites for hydroxylation is 1. The van der Waals surface area contributed by atoms with Crippen LogP contribution in [0, 0.1) is 0 Å². The Morgan fingerprint density at radius 1 is 1.19 bits per heavy atom. The van der Waals surface area contributed by atoms with E-state index in [-0.39, 0.29) is 16.9 Å². The second kappa shape index (κ2) is 8.44. The molecule has 0 bridgehead atoms. The van der Waals surface area contributed by atoms with Crippen molar-refractivity contribution in [3.63, 3.8) is 0 Å². The van der Waals surface area contributed by atoms with Crippen LogP contribution in [0.1, 0.15) is 51.6 Å². The Bertz CT molecular complexity index is 1180. The highest BCUT2D eigenvalue weighted by Crippen LogP contribution is 2.37. The Hall–Kier alpha value is -2.51. The highest BCUT2D eigenvalue weighted by molar-refractivity contribution is 6.74. The quantitative estimate of drug-likeness (QED) is 0.321. The fourth-order valence-corrected chi connectivity index (χ4v) is 5.32. The second-order valence-corrected chi connectivity index (χ2v) is 15.0. The molecule has 2 amide bonds. The number of carbonyl (C=O) groups excluding carboxylic acids is 2. The molecule has 3 heterocycles. The van der Waals surface area contributed by atoms with Gasteiger partial charge in [-0.05, 0) is 55.1 Å². The smallest absolute Gasteiger partial charge is 0.249 e. The van der Waals surface area contributed by atoms with E-state index in [2.05, 4.69) is 56.3 Å². The Balaban J connectivity index is 1.66. The minimum atomic E-state index is -1.76. The number of pyridine rings is 1. The van der Waals surface area contributed by atoms with Crippen molar-refractivity contribution in [2.45, 2.75) is 70.6 Å². The average molecular weight is 452 g/mol. The van der Waals surface area contributed by atoms with Gasteiger partial charge < -0.3 is 8.99 Å². The van der Waals surface area contributed by atoms with Crippen LogP contribution >= 0.6 is 0 Å². The van der Waals surface area contributed by atoms with E-state index in [0.717, 1.165) is 41.4 Å². The van der Waals surface area contributed by atoms with Crippen LogP contribution in [-0.4, -0.2) is 36.3 Å². The first kappa shape index (κ1) is 22.7. The molecule has 170 valence electrons. The van der Waals surface area contributed by atoms with E-state index in [1.165, 1.54) is 5.56 Å². The number of hydrogen-bond acceptors (Lipinski definition) is 4. The molecule has 0 saturated carbocycles. The molecular formula is C25H33N3O3Si. The van der Waals surface area contributed by atoms with E-state index in [4.69, 9.17) is 4.43 Å². The number of fused-ring (bicyclic) bond motifs is 3. The van der Waals surface area contributed by atoms with Crippen LogP contribution in [-0.2, 0) is 20.4 Å². The largest absolute Gasteiger partial charge is 0.417 e. The summed E-state index contributed by atoms with van der Waals surface area (Å²) in [6, 6.07) is 9.78. The minimum Gasteiger partial charge on any atom is -0.417 e. The zero-order valence-corrected chi connectivity index (χ0v) is 20.7. The summed E-state index contributed by atoms with van der Waals surface area (Å²) in [5.41, 5.74) is 3.01. The first-order valence-corrected chi connectivity index (χ1v) is 14.3. The summed E-state index contributed by atoms with van der Waals surface area (Å²) in [5, 5.41) is 4.89. The summed E-state index contributed by atoms with van der Waals surface area (Å²) in [6.45, 7) is 12.1. The van der Waals surface area contributed by atoms with Crippen LogP contribution in [0.3, 0.4) is 0 Å². The summed E-state index contributed by atoms with van der Waals surface area (Å²) >= 11 is 0. The van der Waals surface area contributed by atoms with E-state index >= 15 is 0 Å². The highest BCUT2D eigenvalue weighted by Gasteiger charge is 2.37. The molecule has 32 heavy (non-hydrogen) atoms. The van der Waals surface area contributed by atoms with Gasteiger partial charge in [-0.3, -0.25) is 14.9 Å². The third-order valence-electron chi connectivity index (χ3n) is 7.06. The summed E-state index contributed by atoms with van der Waals surface area (Å²) in [4.78, 5) is 29.0. The molecular weight excluding hydrogens is 418 g/mol. The normalized spacial score (nSPS) is 17.8. The van der Waals surface area contributed by atoms with Crippen molar-refractivity contribution < 1.29 is 14.0 Å². The lowest BCUT2D eigenvalue weighted by Crippen LogP contribution is -2.41. The van der Waals surface area contributed by atoms with Crippen LogP contribution in [0.5, 0.6) is 0 Å². The lowest BCUT2D eigenvalue weighted by molar-refractivity contribution is -0.135. The van der Waals surface area contributed by atoms with Crippen LogP contribution < -0.4 is 5.32 Å². The molecule has 1 unspecified atom stereocenters. The molecule has 1 aromatic carbocycles. The van der Waals surface area contributed by atoms with E-state index in [9.17, 15) is 9.59 Å². The van der Waals surface area contributed by atoms with Crippen molar-refractivity contribution in [3.05, 3.63) is 42.1 Å². The molecule has 2 aromatic heterocycles. The van der Waals surface area contributed by atoms with Crippen molar-refractivity contribution in [2.24, 2.45) is 0 Å². The Morgan fingerprint density at radius 2 is 1.94 bits per heavy atom. The van der Waals surface area contributed by atoms with Crippen LogP contribution in [0.2, 0.25) is 18.1 Å². The number of benzene rings is 1. The predicted octanol–water partition coefficient (Wildman–Crippen LogP) is 5.12. The zero-order chi connectivity index (χ0) is 23.1. The number of aromatic nitrogens is 2. The van der Waals surface area contributed by atoms with E-state index in [1.807, 2.05) is 29.0 Å². The molecule has 1 saturated heterocycles. The number of hydrogen-bond donors (Lipinski definition) is 1. The molecule has 6 nitrogen and oxygen atoms in total. The number of carbonyl (C=O) groups is 2. The van der Waals surface area contributed by atoms with Gasteiger partial charge in [-0.15, -0.1) is 0 Å². The monoisotopic (exact) mass is 451 g/mol. The Labute approximate surface area is 190 Å². The Kier molecular flexibility index (Phi) is 5.98. The van der Waals surface area contributed by atoms with Crippen molar-refractivity contribution in [3.8, 4) is 0 Å². The lowest BCUT2D eigenvalue weighted by Gasteiger charge is -2.36. The number of rotatable bonds is 6. The SMILES string of the molecule is CC(C)(C)[Si](C)(C)OCCCc1ccnc2c1c1ccccc1n2C1CCC(=O)NC1=O. The molecule has 3 aromatic rings. The van der Waals surface area contributed by atoms with Crippen LogP contribution in [0.4, 0.5) is 0 Å². The van der Waals surface area contributed by atoms with Crippen molar-refractivity contribution in [1.29, 1.82) is 0 Å². The van der Waals surface area contributed by atoms with Crippen molar-refractivity contribution in [2.75, 3.05) is 6.61 Å². The maximum atomic E-state index is 12.7. The molecule has 1 fully saturated rings. The minimum absolute atomic E-state index is 0.201. The first-order chi connectivity index (χ1) is 15.1. The van der Waals surface area contributed by atoms with Crippen molar-refractivity contribution in [1.82, 2.24) is 14.9 Å². The Morgan fingerprint density at radius 3 is 2.66 bits per heavy atom. The molecule has 1 N–H and O–H groups in total. The van der Waals surface area contributed by atoms with Gasteiger partial charge in [0.15, 0.2) is 8.32 Å². The molecule has 0 radical (unpaired) electrons. The zero-order valence-electron chi connectivity index (χ0n) is 19.7. The van der Waals surface area contributed by atoms with Gasteiger partial charge >= 0.3 is 0 Å². The molecule has 1 atom stereocenters. The van der Waals surface area contributed by atoms with Gasteiger partial charge in [0.05, 0.1) is 5.52 Å². The molecule has 1 aliphatic heterocycles. The fraction of sp³-hybridized carbons (Fsp3) is 0.480. The van der Waals surface area contributed by atoms with Gasteiger partial charge in [0.1, 0.15) is 11.7 Å². The van der Waals surface area contributed by atoms with Gasteiger partial charge in [0.2, 0.25) is 11.8 Å². The number of nitrogens with zero attached hydrogens (tertiary/aromatic N) is 2. The second-order valence-electron chi connectivity index (χ2n) is 10.2. The van der Waals surface area contributed by atoms with Gasteiger partial charge in [-0.2, -0.15) is 0 Å². The molecule has 0 aliphatic carbocycles. The van der Waals surface area contributed by atoms with Gasteiger partial charge in [0.25, 0.3) is 0 Å². The summed E-state index contributed by atoms with van der Waals surface area (Å²) in [5.74, 6) is -0.457. The van der Waals surface area contributed by atoms with Crippen LogP contribution in [0.15, 0.2) is 36.5 Å². The third kappa shape index (κ3) is 4.11. The number of nitrogens with one attached hydrogen (secondary N) is 1. The highest BCUT2D eigenvalue weighted by atomic mass is 28.4. The van der Waals surface area contributed by atoms with E-state index in [1.54, 1.807) is 0 Å². The number of amides is 2. The van der Waals surface area contributed by atoms with E-state index < -0.39 is 14.4 Å². The predicted molar refractivity (Wildman–Crippen MR) is 130 cm³/mol. The number of piperidine rings is 1. The standard InChI is InChI=1S/C25H33N3O3Si/c1-25(2,3)32(4,5)31-16-8-9-17-14-15-26-23-22(17)18-10-6-7-11-19(18)28(23)20-12-13-21(29)27-24(20)30/h6-7,10-11,14-15,20H,8-9,12-13,16H2,1-5H3,(H,27,29,30).